The number of hydrogen-bond acceptors (Lipinski definition) is 3. The second-order valence-corrected chi connectivity index (χ2v) is 6.50. The summed E-state index contributed by atoms with van der Waals surface area (Å²) in [6.07, 6.45) is 0.823. The SMILES string of the molecule is CC(C)N(CCCO)CCC(O)c1ccc(Br)cc1Cl. The van der Waals surface area contributed by atoms with E-state index in [0.29, 0.717) is 17.5 Å². The van der Waals surface area contributed by atoms with E-state index in [4.69, 9.17) is 16.7 Å². The zero-order chi connectivity index (χ0) is 15.1. The van der Waals surface area contributed by atoms with E-state index in [2.05, 4.69) is 34.7 Å². The van der Waals surface area contributed by atoms with Crippen molar-refractivity contribution in [3.05, 3.63) is 33.3 Å². The summed E-state index contributed by atoms with van der Waals surface area (Å²) in [6, 6.07) is 5.93. The Hall–Kier alpha value is -0.130. The zero-order valence-electron chi connectivity index (χ0n) is 12.0. The van der Waals surface area contributed by atoms with Gasteiger partial charge in [0.15, 0.2) is 0 Å². The summed E-state index contributed by atoms with van der Waals surface area (Å²) < 4.78 is 0.908. The summed E-state index contributed by atoms with van der Waals surface area (Å²) in [4.78, 5) is 2.26. The first kappa shape index (κ1) is 17.9. The van der Waals surface area contributed by atoms with Gasteiger partial charge in [-0.25, -0.2) is 0 Å². The second kappa shape index (κ2) is 9.00. The van der Waals surface area contributed by atoms with E-state index in [1.807, 2.05) is 12.1 Å². The third-order valence-corrected chi connectivity index (χ3v) is 4.17. The van der Waals surface area contributed by atoms with Gasteiger partial charge in [-0.1, -0.05) is 33.6 Å². The molecule has 1 aromatic carbocycles. The average molecular weight is 365 g/mol. The van der Waals surface area contributed by atoms with Crippen molar-refractivity contribution < 1.29 is 10.2 Å². The Morgan fingerprint density at radius 1 is 1.30 bits per heavy atom. The first-order chi connectivity index (χ1) is 9.45. The standard InChI is InChI=1S/C15H23BrClNO2/c1-11(2)18(7-3-9-19)8-6-15(20)13-5-4-12(16)10-14(13)17/h4-5,10-11,15,19-20H,3,6-9H2,1-2H3. The van der Waals surface area contributed by atoms with Crippen LogP contribution in [0.15, 0.2) is 22.7 Å². The predicted octanol–water partition coefficient (Wildman–Crippen LogP) is 3.62. The molecule has 1 rings (SSSR count). The number of nitrogens with zero attached hydrogens (tertiary/aromatic N) is 1. The van der Waals surface area contributed by atoms with Gasteiger partial charge in [0.05, 0.1) is 6.10 Å². The van der Waals surface area contributed by atoms with Gasteiger partial charge in [0.1, 0.15) is 0 Å². The fourth-order valence-electron chi connectivity index (χ4n) is 2.12. The molecule has 0 aromatic heterocycles. The van der Waals surface area contributed by atoms with Crippen LogP contribution in [0.4, 0.5) is 0 Å². The number of halogens is 2. The molecule has 1 unspecified atom stereocenters. The molecule has 0 fully saturated rings. The summed E-state index contributed by atoms with van der Waals surface area (Å²) in [5.74, 6) is 0. The highest BCUT2D eigenvalue weighted by atomic mass is 79.9. The van der Waals surface area contributed by atoms with Gasteiger partial charge in [-0.3, -0.25) is 0 Å². The van der Waals surface area contributed by atoms with Crippen LogP contribution in [-0.4, -0.2) is 40.9 Å². The fourth-order valence-corrected chi connectivity index (χ4v) is 2.92. The van der Waals surface area contributed by atoms with Crippen molar-refractivity contribution in [3.8, 4) is 0 Å². The monoisotopic (exact) mass is 363 g/mol. The average Bonchev–Trinajstić information content (AvgIpc) is 2.38. The molecule has 1 aromatic rings. The van der Waals surface area contributed by atoms with Crippen molar-refractivity contribution in [2.75, 3.05) is 19.7 Å². The first-order valence-corrected chi connectivity index (χ1v) is 8.10. The number of rotatable bonds is 8. The summed E-state index contributed by atoms with van der Waals surface area (Å²) in [5, 5.41) is 19.8. The maximum absolute atomic E-state index is 10.3. The topological polar surface area (TPSA) is 43.7 Å². The Morgan fingerprint density at radius 3 is 2.55 bits per heavy atom. The normalized spacial score (nSPS) is 13.2. The molecule has 5 heteroatoms. The van der Waals surface area contributed by atoms with Gasteiger partial charge in [0, 0.05) is 35.2 Å². The van der Waals surface area contributed by atoms with Crippen LogP contribution in [0.2, 0.25) is 5.02 Å². The highest BCUT2D eigenvalue weighted by Gasteiger charge is 2.15. The molecule has 3 nitrogen and oxygen atoms in total. The fraction of sp³-hybridized carbons (Fsp3) is 0.600. The summed E-state index contributed by atoms with van der Waals surface area (Å²) in [6.45, 7) is 6.07. The lowest BCUT2D eigenvalue weighted by molar-refractivity contribution is 0.125. The van der Waals surface area contributed by atoms with Gasteiger partial charge in [-0.15, -0.1) is 0 Å². The van der Waals surface area contributed by atoms with Gasteiger partial charge in [0.2, 0.25) is 0 Å². The number of hydrogen-bond donors (Lipinski definition) is 2. The molecule has 0 saturated heterocycles. The number of benzene rings is 1. The first-order valence-electron chi connectivity index (χ1n) is 6.93. The van der Waals surface area contributed by atoms with Gasteiger partial charge in [-0.05, 0) is 44.4 Å². The molecular weight excluding hydrogens is 342 g/mol. The van der Waals surface area contributed by atoms with Crippen molar-refractivity contribution in [3.63, 3.8) is 0 Å². The summed E-state index contributed by atoms with van der Waals surface area (Å²) in [5.41, 5.74) is 0.765. The lowest BCUT2D eigenvalue weighted by Gasteiger charge is -2.27. The van der Waals surface area contributed by atoms with Gasteiger partial charge >= 0.3 is 0 Å². The Kier molecular flexibility index (Phi) is 8.07. The van der Waals surface area contributed by atoms with Crippen LogP contribution in [0.3, 0.4) is 0 Å². The van der Waals surface area contributed by atoms with Gasteiger partial charge < -0.3 is 15.1 Å². The third kappa shape index (κ3) is 5.70. The maximum atomic E-state index is 10.3. The highest BCUT2D eigenvalue weighted by Crippen LogP contribution is 2.28. The van der Waals surface area contributed by atoms with E-state index in [1.54, 1.807) is 6.07 Å². The molecule has 2 N–H and O–H groups in total. The largest absolute Gasteiger partial charge is 0.396 e. The molecule has 20 heavy (non-hydrogen) atoms. The van der Waals surface area contributed by atoms with E-state index < -0.39 is 6.10 Å². The highest BCUT2D eigenvalue weighted by molar-refractivity contribution is 9.10. The van der Waals surface area contributed by atoms with E-state index >= 15 is 0 Å². The smallest absolute Gasteiger partial charge is 0.0816 e. The van der Waals surface area contributed by atoms with Crippen LogP contribution < -0.4 is 0 Å². The quantitative estimate of drug-likeness (QED) is 0.740. The van der Waals surface area contributed by atoms with Crippen LogP contribution in [-0.2, 0) is 0 Å². The Morgan fingerprint density at radius 2 is 2.00 bits per heavy atom. The number of aliphatic hydroxyl groups excluding tert-OH is 2. The van der Waals surface area contributed by atoms with E-state index in [0.717, 1.165) is 29.5 Å². The number of aliphatic hydroxyl groups is 2. The molecule has 114 valence electrons. The Labute approximate surface area is 134 Å². The minimum absolute atomic E-state index is 0.199. The van der Waals surface area contributed by atoms with Crippen molar-refractivity contribution in [1.82, 2.24) is 4.90 Å². The van der Waals surface area contributed by atoms with Crippen LogP contribution >= 0.6 is 27.5 Å². The molecule has 0 amide bonds. The summed E-state index contributed by atoms with van der Waals surface area (Å²) in [7, 11) is 0. The van der Waals surface area contributed by atoms with Gasteiger partial charge in [-0.2, -0.15) is 0 Å². The molecule has 1 atom stereocenters. The summed E-state index contributed by atoms with van der Waals surface area (Å²) >= 11 is 9.51. The van der Waals surface area contributed by atoms with E-state index in [9.17, 15) is 5.11 Å². The second-order valence-electron chi connectivity index (χ2n) is 5.18. The van der Waals surface area contributed by atoms with Gasteiger partial charge in [0.25, 0.3) is 0 Å². The van der Waals surface area contributed by atoms with Crippen molar-refractivity contribution >= 4 is 27.5 Å². The Bertz CT molecular complexity index is 415. The zero-order valence-corrected chi connectivity index (χ0v) is 14.4. The minimum atomic E-state index is -0.564. The molecule has 0 bridgehead atoms. The molecule has 0 radical (unpaired) electrons. The third-order valence-electron chi connectivity index (χ3n) is 3.34. The molecule has 0 heterocycles. The van der Waals surface area contributed by atoms with Crippen LogP contribution in [0.1, 0.15) is 38.4 Å². The molecule has 0 spiro atoms. The van der Waals surface area contributed by atoms with E-state index in [-0.39, 0.29) is 6.61 Å². The minimum Gasteiger partial charge on any atom is -0.396 e. The molecule has 0 saturated carbocycles. The lowest BCUT2D eigenvalue weighted by atomic mass is 10.1. The van der Waals surface area contributed by atoms with Crippen LogP contribution in [0.5, 0.6) is 0 Å². The van der Waals surface area contributed by atoms with Crippen LogP contribution in [0.25, 0.3) is 0 Å². The molecule has 0 aliphatic heterocycles. The molecule has 0 aliphatic rings. The molecule has 0 aliphatic carbocycles. The predicted molar refractivity (Wildman–Crippen MR) is 87.1 cm³/mol. The molecular formula is C15H23BrClNO2. The van der Waals surface area contributed by atoms with Crippen LogP contribution in [0, 0.1) is 0 Å². The van der Waals surface area contributed by atoms with Crippen molar-refractivity contribution in [2.45, 2.75) is 38.8 Å². The van der Waals surface area contributed by atoms with Crippen molar-refractivity contribution in [1.29, 1.82) is 0 Å². The Balaban J connectivity index is 2.58. The lowest BCUT2D eigenvalue weighted by Crippen LogP contribution is -2.34. The van der Waals surface area contributed by atoms with E-state index in [1.165, 1.54) is 0 Å². The maximum Gasteiger partial charge on any atom is 0.0816 e. The van der Waals surface area contributed by atoms with Crippen molar-refractivity contribution in [2.24, 2.45) is 0 Å².